The van der Waals surface area contributed by atoms with E-state index in [4.69, 9.17) is 0 Å². The molecule has 0 saturated carbocycles. The van der Waals surface area contributed by atoms with Crippen molar-refractivity contribution in [1.82, 2.24) is 14.8 Å². The van der Waals surface area contributed by atoms with E-state index in [1.807, 2.05) is 36.9 Å². The minimum atomic E-state index is -0.164. The Morgan fingerprint density at radius 2 is 2.04 bits per heavy atom. The monoisotopic (exact) mass is 336 g/mol. The molecule has 6 nitrogen and oxygen atoms in total. The average molecular weight is 336 g/mol. The topological polar surface area (TPSA) is 71.0 Å². The predicted molar refractivity (Wildman–Crippen MR) is 97.0 cm³/mol. The standard InChI is InChI=1S/C19H20N4O2/c1-11-14(12(2)20-18-17(11)19(25)21-22(18)3)10-16(24)23-9-8-13-6-4-5-7-15(13)23/h4-7H,8-10H2,1-3H3,(H,21,25). The highest BCUT2D eigenvalue weighted by Gasteiger charge is 2.26. The smallest absolute Gasteiger partial charge is 0.273 e. The third-order valence-corrected chi connectivity index (χ3v) is 5.09. The van der Waals surface area contributed by atoms with Crippen LogP contribution >= 0.6 is 0 Å². The lowest BCUT2D eigenvalue weighted by Gasteiger charge is -2.19. The molecule has 0 aliphatic carbocycles. The summed E-state index contributed by atoms with van der Waals surface area (Å²) in [6.07, 6.45) is 1.14. The fourth-order valence-electron chi connectivity index (χ4n) is 3.75. The third-order valence-electron chi connectivity index (χ3n) is 5.09. The summed E-state index contributed by atoms with van der Waals surface area (Å²) in [5, 5.41) is 3.30. The van der Waals surface area contributed by atoms with Crippen LogP contribution in [0.5, 0.6) is 0 Å². The van der Waals surface area contributed by atoms with Crippen LogP contribution in [0.2, 0.25) is 0 Å². The van der Waals surface area contributed by atoms with Crippen LogP contribution < -0.4 is 10.5 Å². The fourth-order valence-corrected chi connectivity index (χ4v) is 3.75. The van der Waals surface area contributed by atoms with Crippen LogP contribution in [0, 0.1) is 13.8 Å². The molecule has 3 heterocycles. The molecule has 25 heavy (non-hydrogen) atoms. The number of aryl methyl sites for hydroxylation is 3. The summed E-state index contributed by atoms with van der Waals surface area (Å²) in [6.45, 7) is 4.50. The Labute approximate surface area is 145 Å². The van der Waals surface area contributed by atoms with Gasteiger partial charge in [-0.15, -0.1) is 0 Å². The van der Waals surface area contributed by atoms with E-state index in [9.17, 15) is 9.59 Å². The number of hydrogen-bond acceptors (Lipinski definition) is 3. The van der Waals surface area contributed by atoms with Crippen LogP contribution in [-0.2, 0) is 24.7 Å². The Balaban J connectivity index is 1.73. The van der Waals surface area contributed by atoms with Gasteiger partial charge in [0.05, 0.1) is 11.8 Å². The summed E-state index contributed by atoms with van der Waals surface area (Å²) in [5.74, 6) is 0.0460. The first-order valence-corrected chi connectivity index (χ1v) is 8.40. The van der Waals surface area contributed by atoms with Crippen LogP contribution in [0.3, 0.4) is 0 Å². The van der Waals surface area contributed by atoms with Crippen molar-refractivity contribution in [2.75, 3.05) is 11.4 Å². The Morgan fingerprint density at radius 3 is 2.84 bits per heavy atom. The number of pyridine rings is 1. The number of amides is 1. The van der Waals surface area contributed by atoms with Crippen LogP contribution in [-0.4, -0.2) is 27.2 Å². The number of anilines is 1. The Kier molecular flexibility index (Phi) is 3.49. The molecule has 1 aliphatic rings. The lowest BCUT2D eigenvalue weighted by molar-refractivity contribution is -0.117. The van der Waals surface area contributed by atoms with Crippen molar-refractivity contribution in [3.63, 3.8) is 0 Å². The molecule has 0 spiro atoms. The second-order valence-electron chi connectivity index (χ2n) is 6.60. The van der Waals surface area contributed by atoms with Crippen molar-refractivity contribution in [2.24, 2.45) is 7.05 Å². The predicted octanol–water partition coefficient (Wildman–Crippen LogP) is 2.01. The molecular weight excluding hydrogens is 316 g/mol. The molecule has 1 amide bonds. The number of H-pyrrole nitrogens is 1. The number of nitrogens with one attached hydrogen (secondary N) is 1. The molecule has 4 rings (SSSR count). The zero-order valence-corrected chi connectivity index (χ0v) is 14.6. The molecule has 0 unspecified atom stereocenters. The number of fused-ring (bicyclic) bond motifs is 2. The van der Waals surface area contributed by atoms with E-state index in [1.54, 1.807) is 11.7 Å². The largest absolute Gasteiger partial charge is 0.312 e. The second-order valence-corrected chi connectivity index (χ2v) is 6.60. The van der Waals surface area contributed by atoms with E-state index in [1.165, 1.54) is 5.56 Å². The van der Waals surface area contributed by atoms with Gasteiger partial charge in [-0.2, -0.15) is 0 Å². The molecule has 0 saturated heterocycles. The lowest BCUT2D eigenvalue weighted by Crippen LogP contribution is -2.31. The number of carbonyl (C=O) groups is 1. The van der Waals surface area contributed by atoms with Gasteiger partial charge in [-0.25, -0.2) is 4.98 Å². The number of aromatic nitrogens is 3. The molecule has 0 radical (unpaired) electrons. The summed E-state index contributed by atoms with van der Waals surface area (Å²) in [6, 6.07) is 8.01. The number of nitrogens with zero attached hydrogens (tertiary/aromatic N) is 3. The third kappa shape index (κ3) is 2.36. The van der Waals surface area contributed by atoms with Gasteiger partial charge < -0.3 is 4.90 Å². The minimum Gasteiger partial charge on any atom is -0.312 e. The fraction of sp³-hybridized carbons (Fsp3) is 0.316. The van der Waals surface area contributed by atoms with Gasteiger partial charge in [-0.05, 0) is 43.0 Å². The zero-order chi connectivity index (χ0) is 17.7. The second kappa shape index (κ2) is 5.58. The highest BCUT2D eigenvalue weighted by atomic mass is 16.2. The molecule has 1 aliphatic heterocycles. The number of rotatable bonds is 2. The van der Waals surface area contributed by atoms with Gasteiger partial charge in [0.1, 0.15) is 0 Å². The quantitative estimate of drug-likeness (QED) is 0.778. The van der Waals surface area contributed by atoms with Crippen molar-refractivity contribution in [3.05, 3.63) is 57.0 Å². The maximum Gasteiger partial charge on any atom is 0.273 e. The van der Waals surface area contributed by atoms with Crippen molar-refractivity contribution >= 4 is 22.6 Å². The lowest BCUT2D eigenvalue weighted by atomic mass is 10.0. The molecule has 3 aromatic rings. The molecule has 6 heteroatoms. The van der Waals surface area contributed by atoms with Crippen molar-refractivity contribution in [2.45, 2.75) is 26.7 Å². The first-order chi connectivity index (χ1) is 12.0. The van der Waals surface area contributed by atoms with E-state index in [0.29, 0.717) is 17.6 Å². The van der Waals surface area contributed by atoms with E-state index < -0.39 is 0 Å². The van der Waals surface area contributed by atoms with E-state index in [0.717, 1.165) is 28.9 Å². The van der Waals surface area contributed by atoms with Crippen LogP contribution in [0.25, 0.3) is 11.0 Å². The van der Waals surface area contributed by atoms with E-state index in [-0.39, 0.29) is 17.9 Å². The molecule has 2 aromatic heterocycles. The molecule has 0 fully saturated rings. The van der Waals surface area contributed by atoms with Gasteiger partial charge in [0, 0.05) is 25.0 Å². The highest BCUT2D eigenvalue weighted by Crippen LogP contribution is 2.29. The Hall–Kier alpha value is -2.89. The molecule has 128 valence electrons. The maximum absolute atomic E-state index is 12.9. The summed E-state index contributed by atoms with van der Waals surface area (Å²) in [7, 11) is 1.77. The zero-order valence-electron chi connectivity index (χ0n) is 14.6. The van der Waals surface area contributed by atoms with Crippen molar-refractivity contribution in [1.29, 1.82) is 0 Å². The Morgan fingerprint density at radius 1 is 1.28 bits per heavy atom. The summed E-state index contributed by atoms with van der Waals surface area (Å²) in [5.41, 5.74) is 5.14. The van der Waals surface area contributed by atoms with Crippen LogP contribution in [0.4, 0.5) is 5.69 Å². The van der Waals surface area contributed by atoms with Gasteiger partial charge in [0.2, 0.25) is 5.91 Å². The van der Waals surface area contributed by atoms with Gasteiger partial charge >= 0.3 is 0 Å². The minimum absolute atomic E-state index is 0.0460. The molecule has 0 atom stereocenters. The molecule has 0 bridgehead atoms. The Bertz CT molecular complexity index is 1060. The average Bonchev–Trinajstić information content (AvgIpc) is 3.12. The molecule has 1 N–H and O–H groups in total. The van der Waals surface area contributed by atoms with Gasteiger partial charge in [0.25, 0.3) is 5.56 Å². The first kappa shape index (κ1) is 15.6. The summed E-state index contributed by atoms with van der Waals surface area (Å²) in [4.78, 5) is 31.5. The molecule has 1 aromatic carbocycles. The van der Waals surface area contributed by atoms with Crippen molar-refractivity contribution < 1.29 is 4.79 Å². The van der Waals surface area contributed by atoms with Gasteiger partial charge in [-0.3, -0.25) is 19.4 Å². The number of carbonyl (C=O) groups excluding carboxylic acids is 1. The van der Waals surface area contributed by atoms with Crippen LogP contribution in [0.1, 0.15) is 22.4 Å². The van der Waals surface area contributed by atoms with Gasteiger partial charge in [0.15, 0.2) is 5.65 Å². The van der Waals surface area contributed by atoms with E-state index >= 15 is 0 Å². The molecular formula is C19H20N4O2. The first-order valence-electron chi connectivity index (χ1n) is 8.40. The number of aromatic amines is 1. The maximum atomic E-state index is 12.9. The van der Waals surface area contributed by atoms with Crippen LogP contribution in [0.15, 0.2) is 29.1 Å². The summed E-state index contributed by atoms with van der Waals surface area (Å²) >= 11 is 0. The van der Waals surface area contributed by atoms with Gasteiger partial charge in [-0.1, -0.05) is 18.2 Å². The SMILES string of the molecule is Cc1nc2c(c(C)c1CC(=O)N1CCc3ccccc31)c(=O)[nH]n2C. The van der Waals surface area contributed by atoms with E-state index in [2.05, 4.69) is 16.1 Å². The number of para-hydroxylation sites is 1. The number of benzene rings is 1. The highest BCUT2D eigenvalue weighted by molar-refractivity contribution is 5.97. The normalized spacial score (nSPS) is 13.5. The van der Waals surface area contributed by atoms with Crippen molar-refractivity contribution in [3.8, 4) is 0 Å². The number of hydrogen-bond donors (Lipinski definition) is 1. The summed E-state index contributed by atoms with van der Waals surface area (Å²) < 4.78 is 1.62.